The van der Waals surface area contributed by atoms with Gasteiger partial charge in [-0.15, -0.1) is 0 Å². The zero-order valence-corrected chi connectivity index (χ0v) is 8.57. The van der Waals surface area contributed by atoms with E-state index in [1.54, 1.807) is 12.1 Å². The van der Waals surface area contributed by atoms with Crippen LogP contribution in [0.2, 0.25) is 0 Å². The molecule has 74 valence electrons. The molecule has 1 saturated carbocycles. The lowest BCUT2D eigenvalue weighted by Gasteiger charge is -2.11. The fourth-order valence-electron chi connectivity index (χ4n) is 1.71. The average Bonchev–Trinajstić information content (AvgIpc) is 2.84. The van der Waals surface area contributed by atoms with E-state index in [1.807, 2.05) is 6.92 Å². The second kappa shape index (κ2) is 3.06. The molecule has 14 heavy (non-hydrogen) atoms. The number of benzene rings is 1. The van der Waals surface area contributed by atoms with Crippen LogP contribution in [-0.2, 0) is 10.2 Å². The number of rotatable bonds is 2. The first kappa shape index (κ1) is 9.66. The number of halogens is 2. The molecule has 0 bridgehead atoms. The van der Waals surface area contributed by atoms with Crippen molar-refractivity contribution in [3.63, 3.8) is 0 Å². The van der Waals surface area contributed by atoms with Crippen LogP contribution in [0.25, 0.3) is 0 Å². The lowest BCUT2D eigenvalue weighted by molar-refractivity contribution is -0.113. The summed E-state index contributed by atoms with van der Waals surface area (Å²) in [5, 5.41) is -0.444. The smallest absolute Gasteiger partial charge is 0.232 e. The molecule has 3 heteroatoms. The Bertz CT molecular complexity index is 396. The van der Waals surface area contributed by atoms with Crippen molar-refractivity contribution in [3.05, 3.63) is 35.1 Å². The van der Waals surface area contributed by atoms with Gasteiger partial charge < -0.3 is 0 Å². The van der Waals surface area contributed by atoms with Crippen molar-refractivity contribution in [1.29, 1.82) is 0 Å². The average molecular weight is 213 g/mol. The highest BCUT2D eigenvalue weighted by Gasteiger charge is 2.51. The third kappa shape index (κ3) is 1.34. The van der Waals surface area contributed by atoms with Gasteiger partial charge in [0, 0.05) is 5.56 Å². The van der Waals surface area contributed by atoms with Gasteiger partial charge in [0.25, 0.3) is 0 Å². The predicted octanol–water partition coefficient (Wildman–Crippen LogP) is 2.93. The molecule has 0 heterocycles. The Hall–Kier alpha value is -0.890. The van der Waals surface area contributed by atoms with Crippen molar-refractivity contribution in [2.75, 3.05) is 0 Å². The molecule has 0 aliphatic heterocycles. The molecule has 2 rings (SSSR count). The molecule has 0 amide bonds. The Labute approximate surface area is 86.9 Å². The maximum Gasteiger partial charge on any atom is 0.232 e. The van der Waals surface area contributed by atoms with Crippen LogP contribution in [0, 0.1) is 12.7 Å². The van der Waals surface area contributed by atoms with Gasteiger partial charge >= 0.3 is 0 Å². The Balaban J connectivity index is 2.47. The van der Waals surface area contributed by atoms with Crippen LogP contribution in [0.15, 0.2) is 18.2 Å². The van der Waals surface area contributed by atoms with Crippen molar-refractivity contribution < 1.29 is 9.18 Å². The van der Waals surface area contributed by atoms with Crippen LogP contribution in [-0.4, -0.2) is 5.24 Å². The van der Waals surface area contributed by atoms with Crippen molar-refractivity contribution in [2.24, 2.45) is 0 Å². The minimum atomic E-state index is -0.723. The topological polar surface area (TPSA) is 17.1 Å². The molecule has 1 aliphatic rings. The summed E-state index contributed by atoms with van der Waals surface area (Å²) >= 11 is 5.47. The summed E-state index contributed by atoms with van der Waals surface area (Å²) in [6, 6.07) is 4.91. The minimum absolute atomic E-state index is 0.323. The summed E-state index contributed by atoms with van der Waals surface area (Å²) in [6.07, 6.45) is 1.32. The molecule has 1 aromatic carbocycles. The molecule has 0 spiro atoms. The standard InChI is InChI=1S/C11H10ClFO/c1-7-2-3-8(9(13)6-7)11(4-5-11)10(12)14/h2-3,6H,4-5H2,1H3. The number of carbonyl (C=O) groups excluding carboxylic acids is 1. The first-order valence-corrected chi connectivity index (χ1v) is 4.91. The van der Waals surface area contributed by atoms with Crippen LogP contribution >= 0.6 is 11.6 Å². The van der Waals surface area contributed by atoms with E-state index in [1.165, 1.54) is 6.07 Å². The first-order chi connectivity index (χ1) is 6.56. The summed E-state index contributed by atoms with van der Waals surface area (Å²) in [5.74, 6) is -0.323. The zero-order chi connectivity index (χ0) is 10.3. The molecule has 1 nitrogen and oxygen atoms in total. The zero-order valence-electron chi connectivity index (χ0n) is 7.81. The molecular weight excluding hydrogens is 203 g/mol. The molecule has 1 fully saturated rings. The highest BCUT2D eigenvalue weighted by molar-refractivity contribution is 6.66. The number of aryl methyl sites for hydroxylation is 1. The summed E-state index contributed by atoms with van der Waals surface area (Å²) in [4.78, 5) is 11.2. The molecule has 0 saturated heterocycles. The van der Waals surface area contributed by atoms with Crippen LogP contribution in [0.4, 0.5) is 4.39 Å². The fraction of sp³-hybridized carbons (Fsp3) is 0.364. The van der Waals surface area contributed by atoms with E-state index >= 15 is 0 Å². The second-order valence-corrected chi connectivity index (χ2v) is 4.18. The van der Waals surface area contributed by atoms with Gasteiger partial charge in [-0.2, -0.15) is 0 Å². The summed E-state index contributed by atoms with van der Waals surface area (Å²) in [7, 11) is 0. The molecule has 1 aliphatic carbocycles. The molecule has 0 atom stereocenters. The minimum Gasteiger partial charge on any atom is -0.280 e. The highest BCUT2D eigenvalue weighted by atomic mass is 35.5. The largest absolute Gasteiger partial charge is 0.280 e. The van der Waals surface area contributed by atoms with Gasteiger partial charge in [-0.05, 0) is 43.0 Å². The lowest BCUT2D eigenvalue weighted by atomic mass is 9.96. The maximum absolute atomic E-state index is 13.5. The second-order valence-electron chi connectivity index (χ2n) is 3.84. The normalized spacial score (nSPS) is 17.9. The molecule has 0 aromatic heterocycles. The molecule has 0 N–H and O–H groups in total. The molecule has 1 aromatic rings. The van der Waals surface area contributed by atoms with Crippen molar-refractivity contribution in [1.82, 2.24) is 0 Å². The quantitative estimate of drug-likeness (QED) is 0.689. The molecule has 0 radical (unpaired) electrons. The van der Waals surface area contributed by atoms with E-state index < -0.39 is 10.7 Å². The Kier molecular flexibility index (Phi) is 2.11. The van der Waals surface area contributed by atoms with Crippen molar-refractivity contribution in [3.8, 4) is 0 Å². The summed E-state index contributed by atoms with van der Waals surface area (Å²) in [6.45, 7) is 1.81. The van der Waals surface area contributed by atoms with Crippen molar-refractivity contribution >= 4 is 16.8 Å². The van der Waals surface area contributed by atoms with Gasteiger partial charge in [0.15, 0.2) is 0 Å². The van der Waals surface area contributed by atoms with Gasteiger partial charge in [-0.3, -0.25) is 4.79 Å². The monoisotopic (exact) mass is 212 g/mol. The van der Waals surface area contributed by atoms with Gasteiger partial charge in [0.2, 0.25) is 5.24 Å². The van der Waals surface area contributed by atoms with E-state index in [2.05, 4.69) is 0 Å². The fourth-order valence-corrected chi connectivity index (χ4v) is 2.00. The third-order valence-electron chi connectivity index (χ3n) is 2.77. The van der Waals surface area contributed by atoms with Crippen LogP contribution in [0.1, 0.15) is 24.0 Å². The van der Waals surface area contributed by atoms with Crippen LogP contribution < -0.4 is 0 Å². The number of carbonyl (C=O) groups is 1. The highest BCUT2D eigenvalue weighted by Crippen LogP contribution is 2.50. The van der Waals surface area contributed by atoms with Gasteiger partial charge in [0.05, 0.1) is 5.41 Å². The van der Waals surface area contributed by atoms with E-state index in [9.17, 15) is 9.18 Å². The number of hydrogen-bond donors (Lipinski definition) is 0. The Morgan fingerprint density at radius 3 is 2.57 bits per heavy atom. The van der Waals surface area contributed by atoms with Gasteiger partial charge in [-0.25, -0.2) is 4.39 Å². The predicted molar refractivity (Wildman–Crippen MR) is 52.9 cm³/mol. The Morgan fingerprint density at radius 1 is 1.50 bits per heavy atom. The summed E-state index contributed by atoms with van der Waals surface area (Å²) in [5.41, 5.74) is 0.575. The van der Waals surface area contributed by atoms with Gasteiger partial charge in [-0.1, -0.05) is 12.1 Å². The van der Waals surface area contributed by atoms with E-state index in [-0.39, 0.29) is 5.82 Å². The lowest BCUT2D eigenvalue weighted by Crippen LogP contribution is -2.16. The van der Waals surface area contributed by atoms with E-state index in [4.69, 9.17) is 11.6 Å². The Morgan fingerprint density at radius 2 is 2.14 bits per heavy atom. The van der Waals surface area contributed by atoms with E-state index in [0.717, 1.165) is 5.56 Å². The third-order valence-corrected chi connectivity index (χ3v) is 3.13. The maximum atomic E-state index is 13.5. The van der Waals surface area contributed by atoms with E-state index in [0.29, 0.717) is 18.4 Å². The molecule has 0 unspecified atom stereocenters. The SMILES string of the molecule is Cc1ccc(C2(C(=O)Cl)CC2)c(F)c1. The van der Waals surface area contributed by atoms with Gasteiger partial charge in [0.1, 0.15) is 5.82 Å². The van der Waals surface area contributed by atoms with Crippen molar-refractivity contribution in [2.45, 2.75) is 25.2 Å². The van der Waals surface area contributed by atoms with Crippen LogP contribution in [0.3, 0.4) is 0 Å². The summed E-state index contributed by atoms with van der Waals surface area (Å²) < 4.78 is 13.5. The van der Waals surface area contributed by atoms with Crippen LogP contribution in [0.5, 0.6) is 0 Å². The first-order valence-electron chi connectivity index (χ1n) is 4.53. The molecular formula is C11H10ClFO. The number of hydrogen-bond acceptors (Lipinski definition) is 1.